The van der Waals surface area contributed by atoms with Crippen LogP contribution in [0.2, 0.25) is 0 Å². The number of aromatic amines is 1. The Morgan fingerprint density at radius 1 is 1.30 bits per heavy atom. The predicted molar refractivity (Wildman–Crippen MR) is 77.4 cm³/mol. The SMILES string of the molecule is Cc1csc(-c2nc(C=O)[nH]c2-c2ccc(F)cc2)c1. The summed E-state index contributed by atoms with van der Waals surface area (Å²) in [6.07, 6.45) is 0.678. The zero-order chi connectivity index (χ0) is 14.1. The van der Waals surface area contributed by atoms with Gasteiger partial charge in [0.2, 0.25) is 0 Å². The predicted octanol–water partition coefficient (Wildman–Crippen LogP) is 4.07. The molecule has 0 unspecified atom stereocenters. The lowest BCUT2D eigenvalue weighted by Crippen LogP contribution is -1.83. The van der Waals surface area contributed by atoms with Gasteiger partial charge in [-0.2, -0.15) is 0 Å². The van der Waals surface area contributed by atoms with Gasteiger partial charge in [0.15, 0.2) is 12.1 Å². The Balaban J connectivity index is 2.16. The van der Waals surface area contributed by atoms with Gasteiger partial charge in [0.05, 0.1) is 10.6 Å². The van der Waals surface area contributed by atoms with Crippen LogP contribution >= 0.6 is 11.3 Å². The van der Waals surface area contributed by atoms with Crippen molar-refractivity contribution in [3.05, 3.63) is 52.9 Å². The topological polar surface area (TPSA) is 45.8 Å². The molecule has 0 amide bonds. The zero-order valence-corrected chi connectivity index (χ0v) is 11.5. The second-order valence-corrected chi connectivity index (χ2v) is 5.37. The number of nitrogens with zero attached hydrogens (tertiary/aromatic N) is 1. The lowest BCUT2D eigenvalue weighted by molar-refractivity contribution is 0.111. The first kappa shape index (κ1) is 12.7. The van der Waals surface area contributed by atoms with Crippen molar-refractivity contribution in [3.63, 3.8) is 0 Å². The smallest absolute Gasteiger partial charge is 0.185 e. The van der Waals surface area contributed by atoms with Crippen molar-refractivity contribution < 1.29 is 9.18 Å². The Morgan fingerprint density at radius 2 is 2.05 bits per heavy atom. The van der Waals surface area contributed by atoms with E-state index in [4.69, 9.17) is 0 Å². The van der Waals surface area contributed by atoms with E-state index < -0.39 is 0 Å². The number of thiophene rings is 1. The Kier molecular flexibility index (Phi) is 3.20. The lowest BCUT2D eigenvalue weighted by atomic mass is 10.1. The molecular formula is C15H11FN2OS. The number of aldehydes is 1. The van der Waals surface area contributed by atoms with E-state index in [0.29, 0.717) is 6.29 Å². The molecule has 0 saturated carbocycles. The summed E-state index contributed by atoms with van der Waals surface area (Å²) >= 11 is 1.57. The molecule has 3 nitrogen and oxygen atoms in total. The fraction of sp³-hybridized carbons (Fsp3) is 0.0667. The number of aryl methyl sites for hydroxylation is 1. The number of carbonyl (C=O) groups is 1. The van der Waals surface area contributed by atoms with E-state index in [2.05, 4.69) is 9.97 Å². The number of H-pyrrole nitrogens is 1. The summed E-state index contributed by atoms with van der Waals surface area (Å²) in [4.78, 5) is 19.2. The molecule has 0 aliphatic rings. The van der Waals surface area contributed by atoms with Gasteiger partial charge < -0.3 is 4.98 Å². The summed E-state index contributed by atoms with van der Waals surface area (Å²) in [7, 11) is 0. The molecule has 3 aromatic rings. The van der Waals surface area contributed by atoms with Gasteiger partial charge in [0, 0.05) is 5.56 Å². The molecule has 1 aromatic carbocycles. The van der Waals surface area contributed by atoms with Crippen LogP contribution in [-0.2, 0) is 0 Å². The second-order valence-electron chi connectivity index (χ2n) is 4.46. The highest BCUT2D eigenvalue weighted by Crippen LogP contribution is 2.33. The number of rotatable bonds is 3. The van der Waals surface area contributed by atoms with Crippen LogP contribution < -0.4 is 0 Å². The van der Waals surface area contributed by atoms with Crippen molar-refractivity contribution in [1.29, 1.82) is 0 Å². The average Bonchev–Trinajstić information content (AvgIpc) is 3.05. The zero-order valence-electron chi connectivity index (χ0n) is 10.7. The molecule has 0 saturated heterocycles. The molecule has 0 spiro atoms. The summed E-state index contributed by atoms with van der Waals surface area (Å²) < 4.78 is 13.0. The van der Waals surface area contributed by atoms with Crippen LogP contribution in [0.25, 0.3) is 21.8 Å². The molecule has 3 rings (SSSR count). The third kappa shape index (κ3) is 2.28. The quantitative estimate of drug-likeness (QED) is 0.738. The molecule has 0 atom stereocenters. The van der Waals surface area contributed by atoms with E-state index in [1.54, 1.807) is 23.5 Å². The molecule has 0 radical (unpaired) electrons. The molecule has 0 fully saturated rings. The maximum Gasteiger partial charge on any atom is 0.185 e. The minimum atomic E-state index is -0.294. The Labute approximate surface area is 119 Å². The number of halogens is 1. The first-order chi connectivity index (χ1) is 9.67. The molecule has 0 aliphatic heterocycles. The second kappa shape index (κ2) is 5.02. The molecular weight excluding hydrogens is 275 g/mol. The molecule has 100 valence electrons. The number of benzene rings is 1. The van der Waals surface area contributed by atoms with Crippen LogP contribution in [0.1, 0.15) is 16.2 Å². The number of imidazole rings is 1. The number of aromatic nitrogens is 2. The summed E-state index contributed by atoms with van der Waals surface area (Å²) in [5.41, 5.74) is 3.39. The molecule has 1 N–H and O–H groups in total. The van der Waals surface area contributed by atoms with Crippen molar-refractivity contribution in [1.82, 2.24) is 9.97 Å². The third-order valence-electron chi connectivity index (χ3n) is 2.93. The van der Waals surface area contributed by atoms with Gasteiger partial charge in [-0.1, -0.05) is 0 Å². The van der Waals surface area contributed by atoms with Crippen molar-refractivity contribution in [2.24, 2.45) is 0 Å². The Morgan fingerprint density at radius 3 is 2.65 bits per heavy atom. The van der Waals surface area contributed by atoms with E-state index in [0.717, 1.165) is 27.4 Å². The van der Waals surface area contributed by atoms with Crippen LogP contribution in [0.15, 0.2) is 35.7 Å². The number of hydrogen-bond acceptors (Lipinski definition) is 3. The van der Waals surface area contributed by atoms with Crippen LogP contribution in [0.4, 0.5) is 4.39 Å². The Bertz CT molecular complexity index is 759. The van der Waals surface area contributed by atoms with Crippen molar-refractivity contribution in [2.45, 2.75) is 6.92 Å². The fourth-order valence-corrected chi connectivity index (χ4v) is 2.90. The summed E-state index contributed by atoms with van der Waals surface area (Å²) in [6, 6.07) is 8.13. The van der Waals surface area contributed by atoms with Crippen LogP contribution in [0.5, 0.6) is 0 Å². The van der Waals surface area contributed by atoms with E-state index >= 15 is 0 Å². The fourth-order valence-electron chi connectivity index (χ4n) is 2.01. The third-order valence-corrected chi connectivity index (χ3v) is 3.99. The Hall–Kier alpha value is -2.27. The first-order valence-corrected chi connectivity index (χ1v) is 6.92. The highest BCUT2D eigenvalue weighted by Gasteiger charge is 2.15. The highest BCUT2D eigenvalue weighted by molar-refractivity contribution is 7.13. The number of nitrogens with one attached hydrogen (secondary N) is 1. The standard InChI is InChI=1S/C15H11FN2OS/c1-9-6-12(20-8-9)15-14(17-13(7-19)18-15)10-2-4-11(16)5-3-10/h2-8H,1H3,(H,17,18). The minimum absolute atomic E-state index is 0.269. The highest BCUT2D eigenvalue weighted by atomic mass is 32.1. The normalized spacial score (nSPS) is 10.7. The first-order valence-electron chi connectivity index (χ1n) is 6.04. The largest absolute Gasteiger partial charge is 0.335 e. The van der Waals surface area contributed by atoms with E-state index in [1.807, 2.05) is 18.4 Å². The van der Waals surface area contributed by atoms with Gasteiger partial charge in [-0.15, -0.1) is 11.3 Å². The van der Waals surface area contributed by atoms with E-state index in [-0.39, 0.29) is 11.6 Å². The summed E-state index contributed by atoms with van der Waals surface area (Å²) in [5, 5.41) is 2.03. The van der Waals surface area contributed by atoms with Crippen molar-refractivity contribution >= 4 is 17.6 Å². The van der Waals surface area contributed by atoms with Gasteiger partial charge in [-0.3, -0.25) is 4.79 Å². The van der Waals surface area contributed by atoms with Crippen LogP contribution in [0, 0.1) is 12.7 Å². The van der Waals surface area contributed by atoms with Crippen molar-refractivity contribution in [2.75, 3.05) is 0 Å². The van der Waals surface area contributed by atoms with E-state index in [9.17, 15) is 9.18 Å². The maximum absolute atomic E-state index is 13.0. The van der Waals surface area contributed by atoms with Crippen molar-refractivity contribution in [3.8, 4) is 21.8 Å². The van der Waals surface area contributed by atoms with Gasteiger partial charge >= 0.3 is 0 Å². The van der Waals surface area contributed by atoms with Gasteiger partial charge in [-0.25, -0.2) is 9.37 Å². The van der Waals surface area contributed by atoms with Gasteiger partial charge in [-0.05, 0) is 48.2 Å². The number of carbonyl (C=O) groups excluding carboxylic acids is 1. The summed E-state index contributed by atoms with van der Waals surface area (Å²) in [6.45, 7) is 2.00. The molecule has 0 aliphatic carbocycles. The number of hydrogen-bond donors (Lipinski definition) is 1. The lowest BCUT2D eigenvalue weighted by Gasteiger charge is -2.01. The van der Waals surface area contributed by atoms with Gasteiger partial charge in [0.25, 0.3) is 0 Å². The van der Waals surface area contributed by atoms with Crippen LogP contribution in [-0.4, -0.2) is 16.3 Å². The summed E-state index contributed by atoms with van der Waals surface area (Å²) in [5.74, 6) is -0.0252. The van der Waals surface area contributed by atoms with Gasteiger partial charge in [0.1, 0.15) is 11.5 Å². The van der Waals surface area contributed by atoms with Crippen LogP contribution in [0.3, 0.4) is 0 Å². The monoisotopic (exact) mass is 286 g/mol. The maximum atomic E-state index is 13.0. The minimum Gasteiger partial charge on any atom is -0.335 e. The molecule has 2 heterocycles. The molecule has 20 heavy (non-hydrogen) atoms. The average molecular weight is 286 g/mol. The molecule has 2 aromatic heterocycles. The molecule has 5 heteroatoms. The van der Waals surface area contributed by atoms with E-state index in [1.165, 1.54) is 12.1 Å². The molecule has 0 bridgehead atoms.